The molecule has 0 saturated carbocycles. The molecule has 0 radical (unpaired) electrons. The van der Waals surface area contributed by atoms with Crippen molar-refractivity contribution in [1.82, 2.24) is 9.78 Å². The van der Waals surface area contributed by atoms with Gasteiger partial charge in [0.25, 0.3) is 0 Å². The normalized spacial score (nSPS) is 12.4. The van der Waals surface area contributed by atoms with E-state index >= 15 is 0 Å². The first-order valence-corrected chi connectivity index (χ1v) is 9.18. The molecule has 0 aliphatic heterocycles. The first-order valence-electron chi connectivity index (χ1n) is 8.30. The molecule has 1 aromatic heterocycles. The van der Waals surface area contributed by atoms with Crippen LogP contribution in [0, 0.1) is 0 Å². The molecule has 1 unspecified atom stereocenters. The minimum atomic E-state index is 0.253. The SMILES string of the molecule is NCC(Sc1ccc2c(cnn2-c2ccccc2)c1)c1ccccc1. The minimum absolute atomic E-state index is 0.253. The fourth-order valence-corrected chi connectivity index (χ4v) is 4.00. The molecule has 25 heavy (non-hydrogen) atoms. The standard InChI is InChI=1S/C21H19N3S/c22-14-21(16-7-3-1-4-8-16)25-19-11-12-20-17(13-19)15-23-24(20)18-9-5-2-6-10-18/h1-13,15,21H,14,22H2. The maximum absolute atomic E-state index is 6.01. The van der Waals surface area contributed by atoms with Crippen molar-refractivity contribution in [3.63, 3.8) is 0 Å². The van der Waals surface area contributed by atoms with E-state index in [-0.39, 0.29) is 5.25 Å². The lowest BCUT2D eigenvalue weighted by molar-refractivity contribution is 0.910. The predicted octanol–water partition coefficient (Wildman–Crippen LogP) is 4.82. The second kappa shape index (κ2) is 7.13. The van der Waals surface area contributed by atoms with Crippen molar-refractivity contribution in [3.8, 4) is 5.69 Å². The summed E-state index contributed by atoms with van der Waals surface area (Å²) in [5.41, 5.74) is 9.45. The van der Waals surface area contributed by atoms with E-state index in [9.17, 15) is 0 Å². The van der Waals surface area contributed by atoms with Crippen LogP contribution in [0.4, 0.5) is 0 Å². The van der Waals surface area contributed by atoms with Crippen LogP contribution in [0.2, 0.25) is 0 Å². The van der Waals surface area contributed by atoms with Crippen molar-refractivity contribution >= 4 is 22.7 Å². The number of hydrogen-bond acceptors (Lipinski definition) is 3. The Balaban J connectivity index is 1.64. The van der Waals surface area contributed by atoms with Crippen molar-refractivity contribution in [2.75, 3.05) is 6.54 Å². The van der Waals surface area contributed by atoms with Crippen molar-refractivity contribution in [1.29, 1.82) is 0 Å². The maximum atomic E-state index is 6.01. The van der Waals surface area contributed by atoms with Gasteiger partial charge in [0, 0.05) is 22.1 Å². The quantitative estimate of drug-likeness (QED) is 0.528. The fraction of sp³-hybridized carbons (Fsp3) is 0.0952. The van der Waals surface area contributed by atoms with Crippen LogP contribution in [0.3, 0.4) is 0 Å². The second-order valence-corrected chi connectivity index (χ2v) is 7.14. The summed E-state index contributed by atoms with van der Waals surface area (Å²) in [5, 5.41) is 5.94. The fourth-order valence-electron chi connectivity index (χ4n) is 2.94. The summed E-state index contributed by atoms with van der Waals surface area (Å²) in [6, 6.07) is 27.1. The number of hydrogen-bond donors (Lipinski definition) is 1. The van der Waals surface area contributed by atoms with Gasteiger partial charge in [-0.2, -0.15) is 5.10 Å². The van der Waals surface area contributed by atoms with Crippen LogP contribution >= 0.6 is 11.8 Å². The van der Waals surface area contributed by atoms with Crippen molar-refractivity contribution in [2.24, 2.45) is 5.73 Å². The lowest BCUT2D eigenvalue weighted by Crippen LogP contribution is -2.09. The van der Waals surface area contributed by atoms with Gasteiger partial charge < -0.3 is 5.73 Å². The summed E-state index contributed by atoms with van der Waals surface area (Å²) in [4.78, 5) is 1.21. The molecule has 0 spiro atoms. The summed E-state index contributed by atoms with van der Waals surface area (Å²) < 4.78 is 1.97. The molecule has 0 fully saturated rings. The Hall–Kier alpha value is -2.56. The highest BCUT2D eigenvalue weighted by molar-refractivity contribution is 7.99. The monoisotopic (exact) mass is 345 g/mol. The highest BCUT2D eigenvalue weighted by Gasteiger charge is 2.12. The average molecular weight is 345 g/mol. The van der Waals surface area contributed by atoms with E-state index in [1.54, 1.807) is 11.8 Å². The van der Waals surface area contributed by atoms with Gasteiger partial charge in [0.2, 0.25) is 0 Å². The van der Waals surface area contributed by atoms with Crippen LogP contribution in [0.5, 0.6) is 0 Å². The summed E-state index contributed by atoms with van der Waals surface area (Å²) in [7, 11) is 0. The van der Waals surface area contributed by atoms with Crippen molar-refractivity contribution < 1.29 is 0 Å². The Morgan fingerprint density at radius 1 is 0.920 bits per heavy atom. The molecular weight excluding hydrogens is 326 g/mol. The smallest absolute Gasteiger partial charge is 0.0741 e. The molecule has 3 nitrogen and oxygen atoms in total. The topological polar surface area (TPSA) is 43.8 Å². The second-order valence-electron chi connectivity index (χ2n) is 5.87. The van der Waals surface area contributed by atoms with E-state index in [0.717, 1.165) is 16.6 Å². The lowest BCUT2D eigenvalue weighted by Gasteiger charge is -2.15. The van der Waals surface area contributed by atoms with Gasteiger partial charge in [0.1, 0.15) is 0 Å². The molecule has 2 N–H and O–H groups in total. The van der Waals surface area contributed by atoms with Gasteiger partial charge in [0.05, 0.1) is 17.4 Å². The number of para-hydroxylation sites is 1. The lowest BCUT2D eigenvalue weighted by atomic mass is 10.1. The Morgan fingerprint density at radius 3 is 2.36 bits per heavy atom. The third-order valence-electron chi connectivity index (χ3n) is 4.20. The number of benzene rings is 3. The van der Waals surface area contributed by atoms with E-state index in [0.29, 0.717) is 6.54 Å². The molecule has 3 aromatic carbocycles. The van der Waals surface area contributed by atoms with Gasteiger partial charge >= 0.3 is 0 Å². The first-order chi connectivity index (χ1) is 12.3. The van der Waals surface area contributed by atoms with Gasteiger partial charge in [-0.15, -0.1) is 11.8 Å². The van der Waals surface area contributed by atoms with Crippen LogP contribution in [-0.4, -0.2) is 16.3 Å². The minimum Gasteiger partial charge on any atom is -0.329 e. The van der Waals surface area contributed by atoms with E-state index in [1.807, 2.05) is 35.1 Å². The van der Waals surface area contributed by atoms with E-state index in [2.05, 4.69) is 59.7 Å². The molecule has 1 atom stereocenters. The van der Waals surface area contributed by atoms with Crippen LogP contribution < -0.4 is 5.73 Å². The highest BCUT2D eigenvalue weighted by Crippen LogP contribution is 2.35. The molecule has 1 heterocycles. The Labute approximate surface area is 151 Å². The van der Waals surface area contributed by atoms with Gasteiger partial charge in [-0.3, -0.25) is 0 Å². The van der Waals surface area contributed by atoms with E-state index in [4.69, 9.17) is 5.73 Å². The average Bonchev–Trinajstić information content (AvgIpc) is 3.10. The zero-order chi connectivity index (χ0) is 17.1. The van der Waals surface area contributed by atoms with Gasteiger partial charge in [-0.25, -0.2) is 4.68 Å². The number of rotatable bonds is 5. The summed E-state index contributed by atoms with van der Waals surface area (Å²) in [5.74, 6) is 0. The summed E-state index contributed by atoms with van der Waals surface area (Å²) >= 11 is 1.80. The largest absolute Gasteiger partial charge is 0.329 e. The molecule has 124 valence electrons. The highest BCUT2D eigenvalue weighted by atomic mass is 32.2. The van der Waals surface area contributed by atoms with Gasteiger partial charge in [0.15, 0.2) is 0 Å². The number of thioether (sulfide) groups is 1. The van der Waals surface area contributed by atoms with E-state index < -0.39 is 0 Å². The van der Waals surface area contributed by atoms with Crippen LogP contribution in [0.15, 0.2) is 90.0 Å². The Bertz CT molecular complexity index is 964. The zero-order valence-electron chi connectivity index (χ0n) is 13.7. The molecule has 0 bridgehead atoms. The maximum Gasteiger partial charge on any atom is 0.0741 e. The zero-order valence-corrected chi connectivity index (χ0v) is 14.6. The molecule has 4 rings (SSSR count). The van der Waals surface area contributed by atoms with Crippen LogP contribution in [0.25, 0.3) is 16.6 Å². The van der Waals surface area contributed by atoms with Crippen LogP contribution in [0.1, 0.15) is 10.8 Å². The third kappa shape index (κ3) is 3.31. The Morgan fingerprint density at radius 2 is 1.64 bits per heavy atom. The van der Waals surface area contributed by atoms with Crippen molar-refractivity contribution in [3.05, 3.63) is 90.6 Å². The number of nitrogens with zero attached hydrogens (tertiary/aromatic N) is 2. The Kier molecular flexibility index (Phi) is 4.55. The molecule has 0 aliphatic rings. The van der Waals surface area contributed by atoms with Crippen molar-refractivity contribution in [2.45, 2.75) is 10.1 Å². The van der Waals surface area contributed by atoms with E-state index in [1.165, 1.54) is 10.5 Å². The molecular formula is C21H19N3S. The number of aromatic nitrogens is 2. The first kappa shape index (κ1) is 15.9. The summed E-state index contributed by atoms with van der Waals surface area (Å²) in [6.45, 7) is 0.607. The molecule has 4 heteroatoms. The number of nitrogens with two attached hydrogens (primary N) is 1. The third-order valence-corrected chi connectivity index (χ3v) is 5.48. The molecule has 0 amide bonds. The summed E-state index contributed by atoms with van der Waals surface area (Å²) in [6.07, 6.45) is 1.92. The van der Waals surface area contributed by atoms with Crippen LogP contribution in [-0.2, 0) is 0 Å². The molecule has 0 saturated heterocycles. The van der Waals surface area contributed by atoms with Gasteiger partial charge in [-0.1, -0.05) is 48.5 Å². The van der Waals surface area contributed by atoms with Gasteiger partial charge in [-0.05, 0) is 35.9 Å². The molecule has 0 aliphatic carbocycles. The number of fused-ring (bicyclic) bond motifs is 1. The predicted molar refractivity (Wildman–Crippen MR) is 105 cm³/mol. The molecule has 4 aromatic rings.